The Labute approximate surface area is 250 Å². The molecule has 0 atom stereocenters. The predicted octanol–water partition coefficient (Wildman–Crippen LogP) is 11.2. The Hall–Kier alpha value is -5.60. The number of para-hydroxylation sites is 2. The number of rotatable bonds is 2. The Morgan fingerprint density at radius 1 is 0.465 bits per heavy atom. The van der Waals surface area contributed by atoms with E-state index in [2.05, 4.69) is 162 Å². The van der Waals surface area contributed by atoms with Gasteiger partial charge in [0, 0.05) is 39.0 Å². The summed E-state index contributed by atoms with van der Waals surface area (Å²) in [5.74, 6) is 0. The Balaban J connectivity index is 1.37. The molecule has 1 aromatic heterocycles. The summed E-state index contributed by atoms with van der Waals surface area (Å²) in [4.78, 5) is 2.35. The molecule has 202 valence electrons. The van der Waals surface area contributed by atoms with Gasteiger partial charge in [-0.15, -0.1) is 0 Å². The van der Waals surface area contributed by atoms with E-state index in [0.29, 0.717) is 0 Å². The molecule has 0 aliphatic carbocycles. The van der Waals surface area contributed by atoms with Crippen LogP contribution in [-0.4, -0.2) is 4.57 Å². The van der Waals surface area contributed by atoms with Crippen molar-refractivity contribution < 1.29 is 0 Å². The van der Waals surface area contributed by atoms with Crippen LogP contribution in [0, 0.1) is 6.92 Å². The molecule has 0 saturated carbocycles. The molecule has 0 unspecified atom stereocenters. The molecule has 43 heavy (non-hydrogen) atoms. The van der Waals surface area contributed by atoms with Crippen molar-refractivity contribution in [2.75, 3.05) is 4.90 Å². The van der Waals surface area contributed by atoms with Crippen LogP contribution in [-0.2, 0) is 0 Å². The maximum Gasteiger partial charge on any atom is 0.0562 e. The molecule has 0 spiro atoms. The van der Waals surface area contributed by atoms with Crippen LogP contribution in [0.1, 0.15) is 11.1 Å². The van der Waals surface area contributed by atoms with E-state index in [4.69, 9.17) is 0 Å². The normalized spacial score (nSPS) is 12.8. The van der Waals surface area contributed by atoms with E-state index in [1.807, 2.05) is 0 Å². The molecule has 1 aliphatic heterocycles. The maximum atomic E-state index is 4.63. The van der Waals surface area contributed by atoms with Crippen LogP contribution in [0.4, 0.5) is 11.4 Å². The molecule has 0 bridgehead atoms. The third-order valence-corrected chi connectivity index (χ3v) is 9.17. The first-order valence-corrected chi connectivity index (χ1v) is 14.8. The molecule has 0 saturated heterocycles. The first-order chi connectivity index (χ1) is 21.2. The van der Waals surface area contributed by atoms with Gasteiger partial charge in [0.2, 0.25) is 0 Å². The lowest BCUT2D eigenvalue weighted by Crippen LogP contribution is -2.20. The second-order valence-electron chi connectivity index (χ2n) is 11.5. The highest BCUT2D eigenvalue weighted by Gasteiger charge is 2.29. The van der Waals surface area contributed by atoms with E-state index < -0.39 is 0 Å². The first kappa shape index (κ1) is 24.0. The van der Waals surface area contributed by atoms with Gasteiger partial charge >= 0.3 is 0 Å². The van der Waals surface area contributed by atoms with Gasteiger partial charge in [-0.05, 0) is 76.0 Å². The highest BCUT2D eigenvalue weighted by Crippen LogP contribution is 2.50. The lowest BCUT2D eigenvalue weighted by Gasteiger charge is -2.35. The standard InChI is InChI=1S/C41H28N2/c1-26-11-3-9-17-38(26)42-27(2)31-13-6-7-15-34(31)36-24-37-35-16-8-10-18-39(35)43(41(37)25-40(36)42)30-21-22-33-29(23-30)20-19-28-12-4-5-14-32(28)33/h3-25H,2H2,1H3. The molecule has 0 N–H and O–H groups in total. The van der Waals surface area contributed by atoms with Crippen molar-refractivity contribution in [1.29, 1.82) is 0 Å². The minimum absolute atomic E-state index is 0.997. The van der Waals surface area contributed by atoms with Crippen molar-refractivity contribution in [1.82, 2.24) is 4.57 Å². The smallest absolute Gasteiger partial charge is 0.0562 e. The second-order valence-corrected chi connectivity index (χ2v) is 11.5. The molecule has 0 amide bonds. The SMILES string of the molecule is C=C1c2ccccc2-c2cc3c4ccccc4n(-c4ccc5c(ccc6ccccc65)c4)c3cc2N1c1ccccc1C. The summed E-state index contributed by atoms with van der Waals surface area (Å²) in [5, 5.41) is 7.57. The Bertz CT molecular complexity index is 2440. The number of aryl methyl sites for hydroxylation is 1. The van der Waals surface area contributed by atoms with Crippen LogP contribution in [0.3, 0.4) is 0 Å². The zero-order chi connectivity index (χ0) is 28.7. The highest BCUT2D eigenvalue weighted by atomic mass is 15.2. The number of hydrogen-bond acceptors (Lipinski definition) is 1. The van der Waals surface area contributed by atoms with E-state index in [1.165, 1.54) is 65.6 Å². The van der Waals surface area contributed by atoms with Crippen LogP contribution in [0.25, 0.3) is 65.9 Å². The number of aromatic nitrogens is 1. The van der Waals surface area contributed by atoms with Gasteiger partial charge in [0.1, 0.15) is 0 Å². The van der Waals surface area contributed by atoms with Crippen LogP contribution >= 0.6 is 0 Å². The van der Waals surface area contributed by atoms with E-state index in [-0.39, 0.29) is 0 Å². The molecule has 1 aliphatic rings. The molecule has 2 nitrogen and oxygen atoms in total. The van der Waals surface area contributed by atoms with E-state index in [1.54, 1.807) is 0 Å². The molecular weight excluding hydrogens is 520 g/mol. The Morgan fingerprint density at radius 2 is 1.16 bits per heavy atom. The molecule has 2 heterocycles. The van der Waals surface area contributed by atoms with Gasteiger partial charge in [-0.25, -0.2) is 0 Å². The zero-order valence-corrected chi connectivity index (χ0v) is 23.9. The fraction of sp³-hybridized carbons (Fsp3) is 0.0244. The summed E-state index contributed by atoms with van der Waals surface area (Å²) < 4.78 is 2.43. The Morgan fingerprint density at radius 3 is 2.05 bits per heavy atom. The van der Waals surface area contributed by atoms with Crippen molar-refractivity contribution in [2.45, 2.75) is 6.92 Å². The van der Waals surface area contributed by atoms with Crippen molar-refractivity contribution in [3.8, 4) is 16.8 Å². The third kappa shape index (κ3) is 3.41. The number of anilines is 2. The molecule has 7 aromatic carbocycles. The maximum absolute atomic E-state index is 4.63. The minimum Gasteiger partial charge on any atom is -0.310 e. The van der Waals surface area contributed by atoms with Gasteiger partial charge in [0.05, 0.1) is 16.7 Å². The Kier molecular flexibility index (Phi) is 5.00. The van der Waals surface area contributed by atoms with Gasteiger partial charge in [-0.2, -0.15) is 0 Å². The molecule has 8 aromatic rings. The van der Waals surface area contributed by atoms with Gasteiger partial charge in [-0.1, -0.05) is 110 Å². The fourth-order valence-electron chi connectivity index (χ4n) is 7.15. The van der Waals surface area contributed by atoms with E-state index in [9.17, 15) is 0 Å². The number of benzene rings is 7. The number of fused-ring (bicyclic) bond motifs is 9. The monoisotopic (exact) mass is 548 g/mol. The van der Waals surface area contributed by atoms with E-state index in [0.717, 1.165) is 22.8 Å². The first-order valence-electron chi connectivity index (χ1n) is 14.8. The van der Waals surface area contributed by atoms with Crippen molar-refractivity contribution in [3.63, 3.8) is 0 Å². The topological polar surface area (TPSA) is 8.17 Å². The number of nitrogens with zero attached hydrogens (tertiary/aromatic N) is 2. The quantitative estimate of drug-likeness (QED) is 0.195. The lowest BCUT2D eigenvalue weighted by atomic mass is 9.89. The second kappa shape index (κ2) is 8.95. The molecule has 2 heteroatoms. The van der Waals surface area contributed by atoms with Crippen LogP contribution < -0.4 is 4.90 Å². The largest absolute Gasteiger partial charge is 0.310 e. The summed E-state index contributed by atoms with van der Waals surface area (Å²) in [6.07, 6.45) is 0. The third-order valence-electron chi connectivity index (χ3n) is 9.17. The molecule has 0 radical (unpaired) electrons. The summed E-state index contributed by atoms with van der Waals surface area (Å²) in [6.45, 7) is 6.81. The summed E-state index contributed by atoms with van der Waals surface area (Å²) >= 11 is 0. The fourth-order valence-corrected chi connectivity index (χ4v) is 7.15. The van der Waals surface area contributed by atoms with Crippen LogP contribution in [0.2, 0.25) is 0 Å². The lowest BCUT2D eigenvalue weighted by molar-refractivity contribution is 1.18. The minimum atomic E-state index is 0.997. The average Bonchev–Trinajstić information content (AvgIpc) is 3.38. The van der Waals surface area contributed by atoms with Gasteiger partial charge in [0.15, 0.2) is 0 Å². The molecular formula is C41H28N2. The van der Waals surface area contributed by atoms with Crippen molar-refractivity contribution in [3.05, 3.63) is 157 Å². The van der Waals surface area contributed by atoms with Gasteiger partial charge in [0.25, 0.3) is 0 Å². The van der Waals surface area contributed by atoms with Crippen molar-refractivity contribution in [2.24, 2.45) is 0 Å². The summed E-state index contributed by atoms with van der Waals surface area (Å²) in [6, 6.07) is 50.8. The van der Waals surface area contributed by atoms with Gasteiger partial charge < -0.3 is 9.47 Å². The molecule has 9 rings (SSSR count). The summed E-state index contributed by atoms with van der Waals surface area (Å²) in [7, 11) is 0. The highest BCUT2D eigenvalue weighted by molar-refractivity contribution is 6.15. The number of hydrogen-bond donors (Lipinski definition) is 0. The van der Waals surface area contributed by atoms with E-state index >= 15 is 0 Å². The van der Waals surface area contributed by atoms with Crippen LogP contribution in [0.15, 0.2) is 146 Å². The van der Waals surface area contributed by atoms with Gasteiger partial charge in [-0.3, -0.25) is 0 Å². The average molecular weight is 549 g/mol. The summed E-state index contributed by atoms with van der Waals surface area (Å²) in [5.41, 5.74) is 11.7. The zero-order valence-electron chi connectivity index (χ0n) is 23.9. The predicted molar refractivity (Wildman–Crippen MR) is 184 cm³/mol. The van der Waals surface area contributed by atoms with Crippen molar-refractivity contribution >= 4 is 60.4 Å². The van der Waals surface area contributed by atoms with Crippen LogP contribution in [0.5, 0.6) is 0 Å². The molecule has 0 fully saturated rings.